The first-order valence-corrected chi connectivity index (χ1v) is 4.26. The van der Waals surface area contributed by atoms with Gasteiger partial charge in [0, 0.05) is 6.20 Å². The zero-order chi connectivity index (χ0) is 10.9. The summed E-state index contributed by atoms with van der Waals surface area (Å²) in [4.78, 5) is 14.4. The highest BCUT2D eigenvalue weighted by Gasteiger charge is 2.21. The van der Waals surface area contributed by atoms with Crippen LogP contribution < -0.4 is 11.5 Å². The molecule has 0 unspecified atom stereocenters. The van der Waals surface area contributed by atoms with Gasteiger partial charge in [-0.3, -0.25) is 4.79 Å². The number of carbonyl (C=O) groups is 1. The zero-order valence-electron chi connectivity index (χ0n) is 6.80. The van der Waals surface area contributed by atoms with Crippen LogP contribution in [0, 0.1) is 0 Å². The minimum Gasteiger partial charge on any atom is -0.383 e. The molecule has 14 heavy (non-hydrogen) atoms. The first kappa shape index (κ1) is 10.8. The van der Waals surface area contributed by atoms with Gasteiger partial charge in [-0.05, 0) is 15.9 Å². The maximum absolute atomic E-state index is 12.4. The fourth-order valence-electron chi connectivity index (χ4n) is 0.931. The van der Waals surface area contributed by atoms with Gasteiger partial charge in [-0.15, -0.1) is 0 Å². The molecule has 0 saturated heterocycles. The highest BCUT2D eigenvalue weighted by Crippen LogP contribution is 2.30. The molecule has 4 nitrogen and oxygen atoms in total. The molecule has 0 radical (unpaired) electrons. The van der Waals surface area contributed by atoms with Gasteiger partial charge in [0.2, 0.25) is 0 Å². The number of pyridine rings is 1. The molecule has 0 aliphatic rings. The van der Waals surface area contributed by atoms with Crippen LogP contribution in [0.5, 0.6) is 0 Å². The molecule has 7 heteroatoms. The SMILES string of the molecule is NC(=O)c1c(C(F)F)cnc(N)c1Br. The molecule has 1 heterocycles. The molecule has 1 aromatic rings. The smallest absolute Gasteiger partial charge is 0.266 e. The Morgan fingerprint density at radius 2 is 2.14 bits per heavy atom. The number of alkyl halides is 2. The van der Waals surface area contributed by atoms with Gasteiger partial charge in [0.15, 0.2) is 0 Å². The maximum Gasteiger partial charge on any atom is 0.266 e. The number of anilines is 1. The molecule has 0 saturated carbocycles. The average molecular weight is 266 g/mol. The minimum atomic E-state index is -2.82. The van der Waals surface area contributed by atoms with Crippen molar-refractivity contribution in [1.82, 2.24) is 4.98 Å². The number of nitrogen functional groups attached to an aromatic ring is 1. The van der Waals surface area contributed by atoms with E-state index in [0.29, 0.717) is 0 Å². The molecule has 0 aliphatic carbocycles. The molecule has 1 amide bonds. The molecule has 4 N–H and O–H groups in total. The summed E-state index contributed by atoms with van der Waals surface area (Å²) in [6.07, 6.45) is -1.98. The first-order chi connectivity index (χ1) is 6.45. The van der Waals surface area contributed by atoms with Crippen LogP contribution in [0.4, 0.5) is 14.6 Å². The maximum atomic E-state index is 12.4. The summed E-state index contributed by atoms with van der Waals surface area (Å²) in [5.41, 5.74) is 9.40. The van der Waals surface area contributed by atoms with Crippen molar-refractivity contribution in [1.29, 1.82) is 0 Å². The Hall–Kier alpha value is -1.24. The second kappa shape index (κ2) is 3.87. The van der Waals surface area contributed by atoms with E-state index in [0.717, 1.165) is 6.20 Å². The number of aromatic nitrogens is 1. The van der Waals surface area contributed by atoms with Gasteiger partial charge >= 0.3 is 0 Å². The molecular weight excluding hydrogens is 260 g/mol. The number of halogens is 3. The number of hydrogen-bond acceptors (Lipinski definition) is 3. The molecule has 0 aromatic carbocycles. The van der Waals surface area contributed by atoms with Crippen LogP contribution in [0.2, 0.25) is 0 Å². The Morgan fingerprint density at radius 3 is 2.57 bits per heavy atom. The molecule has 76 valence electrons. The van der Waals surface area contributed by atoms with Gasteiger partial charge in [0.05, 0.1) is 15.6 Å². The van der Waals surface area contributed by atoms with Gasteiger partial charge in [0.1, 0.15) is 5.82 Å². The predicted octanol–water partition coefficient (Wildman–Crippen LogP) is 1.46. The highest BCUT2D eigenvalue weighted by atomic mass is 79.9. The monoisotopic (exact) mass is 265 g/mol. The Balaban J connectivity index is 3.45. The molecule has 0 atom stereocenters. The van der Waals surface area contributed by atoms with Gasteiger partial charge < -0.3 is 11.5 Å². The van der Waals surface area contributed by atoms with Crippen molar-refractivity contribution < 1.29 is 13.6 Å². The van der Waals surface area contributed by atoms with Crippen LogP contribution >= 0.6 is 15.9 Å². The fraction of sp³-hybridized carbons (Fsp3) is 0.143. The van der Waals surface area contributed by atoms with E-state index in [1.54, 1.807) is 0 Å². The number of amides is 1. The quantitative estimate of drug-likeness (QED) is 0.850. The van der Waals surface area contributed by atoms with Crippen LogP contribution in [0.3, 0.4) is 0 Å². The summed E-state index contributed by atoms with van der Waals surface area (Å²) in [5, 5.41) is 0. The third-order valence-electron chi connectivity index (χ3n) is 1.56. The summed E-state index contributed by atoms with van der Waals surface area (Å²) in [7, 11) is 0. The highest BCUT2D eigenvalue weighted by molar-refractivity contribution is 9.10. The molecule has 0 fully saturated rings. The second-order valence-electron chi connectivity index (χ2n) is 2.45. The molecule has 1 aromatic heterocycles. The van der Waals surface area contributed by atoms with Gasteiger partial charge in [-0.25, -0.2) is 13.8 Å². The van der Waals surface area contributed by atoms with E-state index >= 15 is 0 Å². The third-order valence-corrected chi connectivity index (χ3v) is 2.36. The van der Waals surface area contributed by atoms with E-state index in [-0.39, 0.29) is 15.9 Å². The lowest BCUT2D eigenvalue weighted by atomic mass is 10.1. The van der Waals surface area contributed by atoms with E-state index < -0.39 is 17.9 Å². The lowest BCUT2D eigenvalue weighted by Gasteiger charge is -2.08. The fourth-order valence-corrected chi connectivity index (χ4v) is 1.46. The molecule has 0 bridgehead atoms. The summed E-state index contributed by atoms with van der Waals surface area (Å²) in [6.45, 7) is 0. The van der Waals surface area contributed by atoms with Gasteiger partial charge in [-0.1, -0.05) is 0 Å². The summed E-state index contributed by atoms with van der Waals surface area (Å²) in [5.74, 6) is -1.02. The molecule has 0 spiro atoms. The van der Waals surface area contributed by atoms with E-state index in [4.69, 9.17) is 11.5 Å². The van der Waals surface area contributed by atoms with Crippen LogP contribution in [-0.4, -0.2) is 10.9 Å². The van der Waals surface area contributed by atoms with Gasteiger partial charge in [0.25, 0.3) is 12.3 Å². The average Bonchev–Trinajstić information content (AvgIpc) is 2.08. The molecular formula is C7H6BrF2N3O. The van der Waals surface area contributed by atoms with Crippen molar-refractivity contribution in [3.63, 3.8) is 0 Å². The first-order valence-electron chi connectivity index (χ1n) is 3.47. The van der Waals surface area contributed by atoms with Crippen molar-refractivity contribution in [2.75, 3.05) is 5.73 Å². The van der Waals surface area contributed by atoms with E-state index in [2.05, 4.69) is 20.9 Å². The Labute approximate surface area is 86.4 Å². The van der Waals surface area contributed by atoms with Crippen molar-refractivity contribution in [3.8, 4) is 0 Å². The van der Waals surface area contributed by atoms with E-state index in [9.17, 15) is 13.6 Å². The lowest BCUT2D eigenvalue weighted by Crippen LogP contribution is -2.16. The summed E-state index contributed by atoms with van der Waals surface area (Å²) < 4.78 is 24.8. The number of rotatable bonds is 2. The van der Waals surface area contributed by atoms with Crippen LogP contribution in [-0.2, 0) is 0 Å². The van der Waals surface area contributed by atoms with Crippen LogP contribution in [0.1, 0.15) is 22.3 Å². The standard InChI is InChI=1S/C7H6BrF2N3O/c8-4-3(7(12)14)2(5(9)10)1-13-6(4)11/h1,5H,(H2,11,13)(H2,12,14). The second-order valence-corrected chi connectivity index (χ2v) is 3.25. The van der Waals surface area contributed by atoms with Crippen molar-refractivity contribution in [2.24, 2.45) is 5.73 Å². The molecule has 0 aliphatic heterocycles. The largest absolute Gasteiger partial charge is 0.383 e. The van der Waals surface area contributed by atoms with Gasteiger partial charge in [-0.2, -0.15) is 0 Å². The van der Waals surface area contributed by atoms with Crippen molar-refractivity contribution in [3.05, 3.63) is 21.8 Å². The van der Waals surface area contributed by atoms with Crippen molar-refractivity contribution >= 4 is 27.7 Å². The third kappa shape index (κ3) is 1.82. The van der Waals surface area contributed by atoms with Crippen LogP contribution in [0.15, 0.2) is 10.7 Å². The number of hydrogen-bond donors (Lipinski definition) is 2. The predicted molar refractivity (Wildman–Crippen MR) is 49.8 cm³/mol. The molecule has 1 rings (SSSR count). The van der Waals surface area contributed by atoms with E-state index in [1.807, 2.05) is 0 Å². The Morgan fingerprint density at radius 1 is 1.57 bits per heavy atom. The Kier molecular flexibility index (Phi) is 3.00. The van der Waals surface area contributed by atoms with E-state index in [1.165, 1.54) is 0 Å². The topological polar surface area (TPSA) is 82.0 Å². The number of primary amides is 1. The summed E-state index contributed by atoms with van der Waals surface area (Å²) in [6, 6.07) is 0. The number of nitrogens with two attached hydrogens (primary N) is 2. The number of nitrogens with zero attached hydrogens (tertiary/aromatic N) is 1. The normalized spacial score (nSPS) is 10.6. The van der Waals surface area contributed by atoms with Crippen molar-refractivity contribution in [2.45, 2.75) is 6.43 Å². The lowest BCUT2D eigenvalue weighted by molar-refractivity contribution is 0.0985. The summed E-state index contributed by atoms with van der Waals surface area (Å²) >= 11 is 2.88. The Bertz CT molecular complexity index is 383. The number of carbonyl (C=O) groups excluding carboxylic acids is 1. The zero-order valence-corrected chi connectivity index (χ0v) is 8.38. The van der Waals surface area contributed by atoms with Crippen LogP contribution in [0.25, 0.3) is 0 Å². The minimum absolute atomic E-state index is 0.00259.